The third kappa shape index (κ3) is 2.11. The van der Waals surface area contributed by atoms with Gasteiger partial charge in [0.25, 0.3) is 0 Å². The molecule has 2 nitrogen and oxygen atoms in total. The lowest BCUT2D eigenvalue weighted by Gasteiger charge is -2.67. The lowest BCUT2D eigenvalue weighted by molar-refractivity contribution is -0.0930. The first kappa shape index (κ1) is 16.2. The van der Waals surface area contributed by atoms with Gasteiger partial charge in [-0.15, -0.1) is 0 Å². The first-order valence-corrected chi connectivity index (χ1v) is 10.1. The van der Waals surface area contributed by atoms with Crippen LogP contribution in [-0.2, 0) is 10.8 Å². The van der Waals surface area contributed by atoms with Crippen LogP contribution in [0.2, 0.25) is 0 Å². The van der Waals surface area contributed by atoms with Crippen LogP contribution in [0.4, 0.5) is 0 Å². The molecule has 26 heavy (non-hydrogen) atoms. The molecule has 0 radical (unpaired) electrons. The molecular formula is C24H28O2. The first-order valence-electron chi connectivity index (χ1n) is 10.1. The lowest BCUT2D eigenvalue weighted by Crippen LogP contribution is -2.60. The number of hydrogen-bond donors (Lipinski definition) is 2. The van der Waals surface area contributed by atoms with Gasteiger partial charge in [-0.3, -0.25) is 0 Å². The van der Waals surface area contributed by atoms with Crippen molar-refractivity contribution < 1.29 is 10.2 Å². The number of para-hydroxylation sites is 2. The molecule has 4 saturated carbocycles. The summed E-state index contributed by atoms with van der Waals surface area (Å²) in [6.45, 7) is 2.34. The van der Waals surface area contributed by atoms with E-state index in [4.69, 9.17) is 0 Å². The summed E-state index contributed by atoms with van der Waals surface area (Å²) in [7, 11) is 0. The molecule has 0 saturated heterocycles. The third-order valence-electron chi connectivity index (χ3n) is 7.88. The van der Waals surface area contributed by atoms with Crippen molar-refractivity contribution in [1.82, 2.24) is 0 Å². The number of rotatable bonds is 3. The van der Waals surface area contributed by atoms with Gasteiger partial charge >= 0.3 is 0 Å². The standard InChI is InChI=1S/C24H28O2/c1-2-22-11-17-12-23(14-22,18-7-3-5-9-20(18)25)16-24(13-17,15-22)19-8-4-6-10-21(19)26/h3-10,17,25-26H,2,11-16H2,1H3. The highest BCUT2D eigenvalue weighted by Crippen LogP contribution is 2.72. The van der Waals surface area contributed by atoms with Gasteiger partial charge in [0.1, 0.15) is 11.5 Å². The van der Waals surface area contributed by atoms with Crippen molar-refractivity contribution >= 4 is 0 Å². The van der Waals surface area contributed by atoms with Crippen LogP contribution >= 0.6 is 0 Å². The van der Waals surface area contributed by atoms with E-state index in [1.165, 1.54) is 38.5 Å². The van der Waals surface area contributed by atoms with Gasteiger partial charge in [0.05, 0.1) is 0 Å². The topological polar surface area (TPSA) is 40.5 Å². The Balaban J connectivity index is 1.71. The zero-order valence-electron chi connectivity index (χ0n) is 15.5. The summed E-state index contributed by atoms with van der Waals surface area (Å²) in [4.78, 5) is 0. The Morgan fingerprint density at radius 2 is 1.27 bits per heavy atom. The fourth-order valence-corrected chi connectivity index (χ4v) is 7.48. The minimum Gasteiger partial charge on any atom is -0.508 e. The Kier molecular flexibility index (Phi) is 3.30. The van der Waals surface area contributed by atoms with Crippen molar-refractivity contribution in [2.24, 2.45) is 11.3 Å². The van der Waals surface area contributed by atoms with Crippen LogP contribution in [0.3, 0.4) is 0 Å². The maximum Gasteiger partial charge on any atom is 0.119 e. The molecule has 2 N–H and O–H groups in total. The lowest BCUT2D eigenvalue weighted by atomic mass is 9.37. The van der Waals surface area contributed by atoms with Crippen molar-refractivity contribution in [3.63, 3.8) is 0 Å². The molecule has 4 aliphatic carbocycles. The number of benzene rings is 2. The van der Waals surface area contributed by atoms with E-state index < -0.39 is 0 Å². The molecule has 6 rings (SSSR count). The first-order chi connectivity index (χ1) is 12.5. The number of phenols is 2. The summed E-state index contributed by atoms with van der Waals surface area (Å²) in [6.07, 6.45) is 8.28. The van der Waals surface area contributed by atoms with E-state index in [2.05, 4.69) is 31.2 Å². The van der Waals surface area contributed by atoms with Crippen LogP contribution in [0.1, 0.15) is 63.0 Å². The van der Waals surface area contributed by atoms with Gasteiger partial charge in [-0.1, -0.05) is 49.7 Å². The minimum atomic E-state index is 0.0447. The van der Waals surface area contributed by atoms with Crippen LogP contribution < -0.4 is 0 Å². The van der Waals surface area contributed by atoms with E-state index >= 15 is 0 Å². The van der Waals surface area contributed by atoms with Crippen LogP contribution in [0, 0.1) is 11.3 Å². The van der Waals surface area contributed by atoms with E-state index in [0.29, 0.717) is 22.8 Å². The molecular weight excluding hydrogens is 320 g/mol. The largest absolute Gasteiger partial charge is 0.508 e. The van der Waals surface area contributed by atoms with Crippen LogP contribution in [0.15, 0.2) is 48.5 Å². The van der Waals surface area contributed by atoms with Crippen molar-refractivity contribution in [3.05, 3.63) is 59.7 Å². The molecule has 2 unspecified atom stereocenters. The molecule has 2 heteroatoms. The van der Waals surface area contributed by atoms with E-state index in [9.17, 15) is 10.2 Å². The predicted molar refractivity (Wildman–Crippen MR) is 103 cm³/mol. The minimum absolute atomic E-state index is 0.0447. The maximum absolute atomic E-state index is 10.7. The molecule has 0 aromatic heterocycles. The van der Waals surface area contributed by atoms with Crippen LogP contribution in [0.5, 0.6) is 11.5 Å². The molecule has 2 atom stereocenters. The van der Waals surface area contributed by atoms with Crippen molar-refractivity contribution in [1.29, 1.82) is 0 Å². The van der Waals surface area contributed by atoms with Crippen LogP contribution in [0.25, 0.3) is 0 Å². The molecule has 4 aliphatic rings. The van der Waals surface area contributed by atoms with Gasteiger partial charge in [0, 0.05) is 22.0 Å². The fraction of sp³-hybridized carbons (Fsp3) is 0.500. The van der Waals surface area contributed by atoms with E-state index in [1.807, 2.05) is 24.3 Å². The zero-order chi connectivity index (χ0) is 18.0. The van der Waals surface area contributed by atoms with Crippen molar-refractivity contribution in [2.75, 3.05) is 0 Å². The van der Waals surface area contributed by atoms with Gasteiger partial charge in [-0.05, 0) is 62.0 Å². The highest BCUT2D eigenvalue weighted by atomic mass is 16.3. The van der Waals surface area contributed by atoms with E-state index in [-0.39, 0.29) is 10.8 Å². The highest BCUT2D eigenvalue weighted by Gasteiger charge is 2.64. The molecule has 2 aromatic carbocycles. The number of hydrogen-bond acceptors (Lipinski definition) is 2. The Hall–Kier alpha value is -1.96. The fourth-order valence-electron chi connectivity index (χ4n) is 7.48. The van der Waals surface area contributed by atoms with Gasteiger partial charge in [0.2, 0.25) is 0 Å². The Morgan fingerprint density at radius 1 is 0.769 bits per heavy atom. The van der Waals surface area contributed by atoms with Gasteiger partial charge in [0.15, 0.2) is 0 Å². The van der Waals surface area contributed by atoms with Gasteiger partial charge in [-0.2, -0.15) is 0 Å². The second-order valence-corrected chi connectivity index (χ2v) is 9.46. The van der Waals surface area contributed by atoms with Crippen molar-refractivity contribution in [3.8, 4) is 11.5 Å². The Bertz CT molecular complexity index is 793. The summed E-state index contributed by atoms with van der Waals surface area (Å²) in [5, 5.41) is 21.4. The summed E-state index contributed by atoms with van der Waals surface area (Å²) in [6, 6.07) is 16.0. The normalized spacial score (nSPS) is 37.8. The third-order valence-corrected chi connectivity index (χ3v) is 7.88. The zero-order valence-corrected chi connectivity index (χ0v) is 15.5. The second-order valence-electron chi connectivity index (χ2n) is 9.46. The molecule has 0 spiro atoms. The highest BCUT2D eigenvalue weighted by molar-refractivity contribution is 5.47. The van der Waals surface area contributed by atoms with E-state index in [0.717, 1.165) is 17.5 Å². The molecule has 2 aromatic rings. The average Bonchev–Trinajstić information content (AvgIpc) is 2.61. The monoisotopic (exact) mass is 348 g/mol. The Morgan fingerprint density at radius 3 is 1.73 bits per heavy atom. The SMILES string of the molecule is CCC12CC3CC(c4ccccc4O)(C1)CC(c1ccccc1O)(C3)C2. The Labute approximate surface area is 155 Å². The number of phenolic OH excluding ortho intramolecular Hbond substituents is 2. The van der Waals surface area contributed by atoms with E-state index in [1.54, 1.807) is 0 Å². The smallest absolute Gasteiger partial charge is 0.119 e. The summed E-state index contributed by atoms with van der Waals surface area (Å²) < 4.78 is 0. The molecule has 0 amide bonds. The second kappa shape index (κ2) is 5.28. The summed E-state index contributed by atoms with van der Waals surface area (Å²) >= 11 is 0. The summed E-state index contributed by atoms with van der Waals surface area (Å²) in [5.41, 5.74) is 2.71. The van der Waals surface area contributed by atoms with Gasteiger partial charge in [-0.25, -0.2) is 0 Å². The molecule has 0 heterocycles. The predicted octanol–water partition coefficient (Wildman–Crippen LogP) is 5.67. The molecule has 136 valence electrons. The maximum atomic E-state index is 10.7. The summed E-state index contributed by atoms with van der Waals surface area (Å²) in [5.74, 6) is 1.59. The number of aromatic hydroxyl groups is 2. The van der Waals surface area contributed by atoms with Gasteiger partial charge < -0.3 is 10.2 Å². The molecule has 4 bridgehead atoms. The quantitative estimate of drug-likeness (QED) is 0.750. The molecule has 0 aliphatic heterocycles. The van der Waals surface area contributed by atoms with Crippen molar-refractivity contribution in [2.45, 2.75) is 62.7 Å². The molecule has 4 fully saturated rings. The average molecular weight is 348 g/mol. The van der Waals surface area contributed by atoms with Crippen LogP contribution in [-0.4, -0.2) is 10.2 Å².